The molecule has 7 nitrogen and oxygen atoms in total. The Hall–Kier alpha value is -2.72. The minimum atomic E-state index is -0.831. The van der Waals surface area contributed by atoms with Crippen LogP contribution < -0.4 is 14.8 Å². The van der Waals surface area contributed by atoms with Gasteiger partial charge in [0, 0.05) is 6.08 Å². The molecule has 0 aromatic heterocycles. The number of esters is 1. The largest absolute Gasteiger partial charge is 0.454 e. The molecule has 2 aliphatic rings. The fraction of sp³-hybridized carbons (Fsp3) is 0.389. The van der Waals surface area contributed by atoms with E-state index in [4.69, 9.17) is 25.8 Å². The number of benzene rings is 1. The van der Waals surface area contributed by atoms with Gasteiger partial charge in [-0.25, -0.2) is 4.79 Å². The lowest BCUT2D eigenvalue weighted by Crippen LogP contribution is -2.46. The first-order chi connectivity index (χ1) is 12.5. The first-order valence-electron chi connectivity index (χ1n) is 8.18. The first-order valence-corrected chi connectivity index (χ1v) is 8.55. The number of carbonyl (C=O) groups is 2. The van der Waals surface area contributed by atoms with E-state index in [0.29, 0.717) is 34.9 Å². The Labute approximate surface area is 155 Å². The molecule has 1 aliphatic carbocycles. The predicted octanol–water partition coefficient (Wildman–Crippen LogP) is 2.58. The molecule has 0 bridgehead atoms. The zero-order valence-electron chi connectivity index (χ0n) is 13.9. The highest BCUT2D eigenvalue weighted by Gasteiger charge is 2.35. The molecular weight excluding hydrogens is 360 g/mol. The summed E-state index contributed by atoms with van der Waals surface area (Å²) in [7, 11) is 0. The Balaban J connectivity index is 1.51. The first kappa shape index (κ1) is 18.1. The number of hydrogen-bond donors (Lipinski definition) is 1. The van der Waals surface area contributed by atoms with Gasteiger partial charge in [0.2, 0.25) is 6.79 Å². The van der Waals surface area contributed by atoms with Gasteiger partial charge in [0.15, 0.2) is 18.1 Å². The van der Waals surface area contributed by atoms with Crippen LogP contribution in [0, 0.1) is 11.3 Å². The van der Waals surface area contributed by atoms with Crippen molar-refractivity contribution < 1.29 is 23.8 Å². The van der Waals surface area contributed by atoms with Gasteiger partial charge in [-0.2, -0.15) is 5.26 Å². The summed E-state index contributed by atoms with van der Waals surface area (Å²) in [5.41, 5.74) is -0.196. The monoisotopic (exact) mass is 376 g/mol. The molecule has 1 aliphatic heterocycles. The average Bonchev–Trinajstić information content (AvgIpc) is 3.28. The van der Waals surface area contributed by atoms with Crippen LogP contribution in [-0.2, 0) is 14.3 Å². The Morgan fingerprint density at radius 3 is 2.85 bits per heavy atom. The fourth-order valence-electron chi connectivity index (χ4n) is 2.98. The molecule has 0 radical (unpaired) electrons. The number of fused-ring (bicyclic) bond motifs is 1. The zero-order valence-corrected chi connectivity index (χ0v) is 14.7. The van der Waals surface area contributed by atoms with Gasteiger partial charge in [-0.3, -0.25) is 4.79 Å². The molecule has 136 valence electrons. The molecule has 1 N–H and O–H groups in total. The van der Waals surface area contributed by atoms with Crippen molar-refractivity contribution in [1.29, 1.82) is 5.26 Å². The van der Waals surface area contributed by atoms with Gasteiger partial charge >= 0.3 is 5.97 Å². The lowest BCUT2D eigenvalue weighted by molar-refractivity contribution is -0.144. The third kappa shape index (κ3) is 4.09. The summed E-state index contributed by atoms with van der Waals surface area (Å²) in [5, 5.41) is 12.3. The summed E-state index contributed by atoms with van der Waals surface area (Å²) in [6.07, 6.45) is 5.73. The molecule has 1 fully saturated rings. The number of nitrogens with one attached hydrogen (secondary N) is 1. The van der Waals surface area contributed by atoms with Crippen LogP contribution in [0.15, 0.2) is 18.2 Å². The molecule has 0 saturated heterocycles. The standard InChI is InChI=1S/C18H17ClN2O5/c19-13-7-12(8-14-17(13)26-11-25-14)3-4-16(23)24-9-15(22)21-18(10-20)5-1-2-6-18/h3-4,7-8H,1-2,5-6,9,11H2,(H,21,22)/b4-3+. The van der Waals surface area contributed by atoms with Crippen molar-refractivity contribution in [2.75, 3.05) is 13.4 Å². The van der Waals surface area contributed by atoms with Crippen molar-refractivity contribution in [2.45, 2.75) is 31.2 Å². The molecule has 1 heterocycles. The highest BCUT2D eigenvalue weighted by molar-refractivity contribution is 6.32. The summed E-state index contributed by atoms with van der Waals surface area (Å²) in [6, 6.07) is 5.46. The van der Waals surface area contributed by atoms with E-state index in [1.807, 2.05) is 0 Å². The molecule has 1 saturated carbocycles. The van der Waals surface area contributed by atoms with E-state index in [1.165, 1.54) is 12.2 Å². The van der Waals surface area contributed by atoms with E-state index in [0.717, 1.165) is 12.8 Å². The van der Waals surface area contributed by atoms with Gasteiger partial charge < -0.3 is 19.5 Å². The second-order valence-corrected chi connectivity index (χ2v) is 6.53. The number of halogens is 1. The van der Waals surface area contributed by atoms with E-state index >= 15 is 0 Å². The lowest BCUT2D eigenvalue weighted by atomic mass is 10.00. The summed E-state index contributed by atoms with van der Waals surface area (Å²) in [4.78, 5) is 23.7. The molecule has 8 heteroatoms. The minimum Gasteiger partial charge on any atom is -0.454 e. The molecule has 26 heavy (non-hydrogen) atoms. The van der Waals surface area contributed by atoms with Gasteiger partial charge in [-0.1, -0.05) is 11.6 Å². The van der Waals surface area contributed by atoms with E-state index in [-0.39, 0.29) is 6.79 Å². The summed E-state index contributed by atoms with van der Waals surface area (Å²) in [5.74, 6) is -0.183. The second kappa shape index (κ2) is 7.67. The quantitative estimate of drug-likeness (QED) is 0.626. The van der Waals surface area contributed by atoms with Crippen LogP contribution in [0.3, 0.4) is 0 Å². The zero-order chi connectivity index (χ0) is 18.6. The highest BCUT2D eigenvalue weighted by Crippen LogP contribution is 2.40. The number of nitriles is 1. The number of carbonyl (C=O) groups excluding carboxylic acids is 2. The van der Waals surface area contributed by atoms with E-state index < -0.39 is 24.0 Å². The van der Waals surface area contributed by atoms with Crippen molar-refractivity contribution in [2.24, 2.45) is 0 Å². The maximum absolute atomic E-state index is 11.9. The summed E-state index contributed by atoms with van der Waals surface area (Å²) >= 11 is 6.07. The smallest absolute Gasteiger partial charge is 0.331 e. The maximum atomic E-state index is 11.9. The van der Waals surface area contributed by atoms with Crippen LogP contribution in [0.5, 0.6) is 11.5 Å². The molecule has 0 atom stereocenters. The molecule has 1 aromatic carbocycles. The van der Waals surface area contributed by atoms with E-state index in [2.05, 4.69) is 11.4 Å². The molecule has 0 unspecified atom stereocenters. The Morgan fingerprint density at radius 2 is 2.12 bits per heavy atom. The van der Waals surface area contributed by atoms with Gasteiger partial charge in [0.1, 0.15) is 5.54 Å². The normalized spacial score (nSPS) is 17.1. The number of hydrogen-bond acceptors (Lipinski definition) is 6. The molecule has 3 rings (SSSR count). The van der Waals surface area contributed by atoms with E-state index in [9.17, 15) is 14.9 Å². The van der Waals surface area contributed by atoms with Crippen molar-refractivity contribution in [3.05, 3.63) is 28.8 Å². The average molecular weight is 377 g/mol. The van der Waals surface area contributed by atoms with Crippen LogP contribution in [0.2, 0.25) is 5.02 Å². The van der Waals surface area contributed by atoms with Crippen molar-refractivity contribution in [3.8, 4) is 17.6 Å². The number of rotatable bonds is 5. The number of nitrogens with zero attached hydrogens (tertiary/aromatic N) is 1. The number of amides is 1. The van der Waals surface area contributed by atoms with Crippen molar-refractivity contribution in [3.63, 3.8) is 0 Å². The lowest BCUT2D eigenvalue weighted by Gasteiger charge is -2.21. The van der Waals surface area contributed by atoms with Gasteiger partial charge in [-0.15, -0.1) is 0 Å². The maximum Gasteiger partial charge on any atom is 0.331 e. The Bertz CT molecular complexity index is 794. The molecular formula is C18H17ClN2O5. The second-order valence-electron chi connectivity index (χ2n) is 6.13. The van der Waals surface area contributed by atoms with Crippen LogP contribution in [0.1, 0.15) is 31.2 Å². The van der Waals surface area contributed by atoms with Gasteiger partial charge in [0.25, 0.3) is 5.91 Å². The van der Waals surface area contributed by atoms with Gasteiger partial charge in [-0.05, 0) is 49.5 Å². The third-order valence-electron chi connectivity index (χ3n) is 4.26. The summed E-state index contributed by atoms with van der Waals surface area (Å²) in [6.45, 7) is -0.335. The SMILES string of the molecule is N#CC1(NC(=O)COC(=O)/C=C/c2cc(Cl)c3c(c2)OCO3)CCCC1. The minimum absolute atomic E-state index is 0.101. The van der Waals surface area contributed by atoms with Crippen LogP contribution in [0.4, 0.5) is 0 Å². The fourth-order valence-corrected chi connectivity index (χ4v) is 3.25. The molecule has 1 aromatic rings. The third-order valence-corrected chi connectivity index (χ3v) is 4.54. The van der Waals surface area contributed by atoms with Crippen LogP contribution in [-0.4, -0.2) is 30.8 Å². The Kier molecular flexibility index (Phi) is 5.33. The molecule has 1 amide bonds. The topological polar surface area (TPSA) is 97.7 Å². The van der Waals surface area contributed by atoms with Gasteiger partial charge in [0.05, 0.1) is 11.1 Å². The van der Waals surface area contributed by atoms with Crippen molar-refractivity contribution >= 4 is 29.6 Å². The highest BCUT2D eigenvalue weighted by atomic mass is 35.5. The van der Waals surface area contributed by atoms with Crippen molar-refractivity contribution in [1.82, 2.24) is 5.32 Å². The summed E-state index contributed by atoms with van der Waals surface area (Å²) < 4.78 is 15.4. The number of ether oxygens (including phenoxy) is 3. The van der Waals surface area contributed by atoms with Crippen LogP contribution in [0.25, 0.3) is 6.08 Å². The van der Waals surface area contributed by atoms with Crippen LogP contribution >= 0.6 is 11.6 Å². The van der Waals surface area contributed by atoms with E-state index in [1.54, 1.807) is 12.1 Å². The predicted molar refractivity (Wildman–Crippen MR) is 92.5 cm³/mol. The molecule has 0 spiro atoms. The Morgan fingerprint density at radius 1 is 1.35 bits per heavy atom.